The fraction of sp³-hybridized carbons (Fsp3) is 0.250. The molecule has 1 saturated heterocycles. The van der Waals surface area contributed by atoms with E-state index >= 15 is 0 Å². The van der Waals surface area contributed by atoms with E-state index in [0.717, 1.165) is 29.7 Å². The summed E-state index contributed by atoms with van der Waals surface area (Å²) in [6.07, 6.45) is 8.36. The van der Waals surface area contributed by atoms with Gasteiger partial charge in [-0.3, -0.25) is 14.8 Å². The lowest BCUT2D eigenvalue weighted by atomic mass is 10.00. The molecule has 1 aromatic carbocycles. The molecule has 162 valence electrons. The van der Waals surface area contributed by atoms with Crippen LogP contribution in [0.2, 0.25) is 0 Å². The molecule has 0 bridgehead atoms. The second-order valence-electron chi connectivity index (χ2n) is 7.74. The van der Waals surface area contributed by atoms with Crippen LogP contribution in [0.3, 0.4) is 0 Å². The third-order valence-electron chi connectivity index (χ3n) is 5.62. The zero-order valence-corrected chi connectivity index (χ0v) is 18.1. The molecule has 0 radical (unpaired) electrons. The van der Waals surface area contributed by atoms with Crippen LogP contribution in [-0.2, 0) is 6.42 Å². The van der Waals surface area contributed by atoms with E-state index in [9.17, 15) is 9.18 Å². The predicted molar refractivity (Wildman–Crippen MR) is 119 cm³/mol. The molecule has 4 aromatic rings. The van der Waals surface area contributed by atoms with Crippen LogP contribution < -0.4 is 0 Å². The van der Waals surface area contributed by atoms with E-state index in [2.05, 4.69) is 15.0 Å². The van der Waals surface area contributed by atoms with Gasteiger partial charge in [0.05, 0.1) is 27.8 Å². The van der Waals surface area contributed by atoms with E-state index in [1.807, 2.05) is 11.0 Å². The number of halogens is 1. The highest BCUT2D eigenvalue weighted by molar-refractivity contribution is 7.13. The van der Waals surface area contributed by atoms with E-state index in [1.54, 1.807) is 42.3 Å². The lowest BCUT2D eigenvalue weighted by molar-refractivity contribution is 0.0570. The van der Waals surface area contributed by atoms with Crippen LogP contribution in [-0.4, -0.2) is 32.3 Å². The summed E-state index contributed by atoms with van der Waals surface area (Å²) in [5.74, 6) is 0.885. The van der Waals surface area contributed by atoms with Crippen molar-refractivity contribution in [3.8, 4) is 10.6 Å². The van der Waals surface area contributed by atoms with Crippen molar-refractivity contribution in [3.05, 3.63) is 89.1 Å². The van der Waals surface area contributed by atoms with E-state index in [1.165, 1.54) is 23.5 Å². The summed E-state index contributed by atoms with van der Waals surface area (Å²) in [7, 11) is 0. The number of aromatic nitrogens is 3. The van der Waals surface area contributed by atoms with Crippen LogP contribution in [0.4, 0.5) is 4.39 Å². The zero-order valence-electron chi connectivity index (χ0n) is 17.3. The third kappa shape index (κ3) is 4.18. The maximum Gasteiger partial charge on any atom is 0.256 e. The fourth-order valence-electron chi connectivity index (χ4n) is 4.05. The topological polar surface area (TPSA) is 72.1 Å². The SMILES string of the molecule is O=C(c1cccnc1-c1cncs1)N1CCCCC1c1ncc(Cc2ccc(F)cc2)o1. The Hall–Kier alpha value is -3.39. The molecule has 0 aliphatic carbocycles. The maximum atomic E-state index is 13.6. The predicted octanol–water partition coefficient (Wildman–Crippen LogP) is 5.29. The zero-order chi connectivity index (χ0) is 21.9. The number of hydrogen-bond acceptors (Lipinski definition) is 6. The number of piperidine rings is 1. The number of hydrogen-bond donors (Lipinski definition) is 0. The average molecular weight is 449 g/mol. The lowest BCUT2D eigenvalue weighted by Gasteiger charge is -2.34. The largest absolute Gasteiger partial charge is 0.443 e. The van der Waals surface area contributed by atoms with Crippen LogP contribution in [0.5, 0.6) is 0 Å². The van der Waals surface area contributed by atoms with Gasteiger partial charge in [-0.15, -0.1) is 11.3 Å². The van der Waals surface area contributed by atoms with Gasteiger partial charge in [0, 0.05) is 25.4 Å². The van der Waals surface area contributed by atoms with E-state index in [0.29, 0.717) is 35.9 Å². The molecular formula is C24H21FN4O2S. The van der Waals surface area contributed by atoms with Crippen molar-refractivity contribution in [1.29, 1.82) is 0 Å². The van der Waals surface area contributed by atoms with Crippen LogP contribution in [0, 0.1) is 5.82 Å². The molecule has 32 heavy (non-hydrogen) atoms. The first-order chi connectivity index (χ1) is 15.7. The highest BCUT2D eigenvalue weighted by Crippen LogP contribution is 2.34. The molecule has 1 atom stereocenters. The second kappa shape index (κ2) is 9.00. The molecule has 4 heterocycles. The Labute approximate surface area is 188 Å². The van der Waals surface area contributed by atoms with Gasteiger partial charge in [-0.1, -0.05) is 12.1 Å². The molecule has 0 N–H and O–H groups in total. The standard InChI is InChI=1S/C24H21FN4O2S/c25-17-8-6-16(7-9-17)12-18-13-28-23(31-18)20-5-1-2-11-29(20)24(30)19-4-3-10-27-22(19)21-14-26-15-32-21/h3-4,6-10,13-15,20H,1-2,5,11-12H2. The minimum absolute atomic E-state index is 0.0792. The summed E-state index contributed by atoms with van der Waals surface area (Å²) in [5.41, 5.74) is 3.88. The Kier molecular flexibility index (Phi) is 5.77. The summed E-state index contributed by atoms with van der Waals surface area (Å²) >= 11 is 1.46. The van der Waals surface area contributed by atoms with Gasteiger partial charge in [0.1, 0.15) is 17.6 Å². The maximum absolute atomic E-state index is 13.6. The molecule has 1 unspecified atom stereocenters. The third-order valence-corrected chi connectivity index (χ3v) is 6.40. The number of benzene rings is 1. The number of carbonyl (C=O) groups excluding carboxylic acids is 1. The van der Waals surface area contributed by atoms with Gasteiger partial charge in [0.25, 0.3) is 5.91 Å². The Balaban J connectivity index is 1.40. The van der Waals surface area contributed by atoms with Crippen molar-refractivity contribution in [2.75, 3.05) is 6.54 Å². The van der Waals surface area contributed by atoms with E-state index in [4.69, 9.17) is 4.42 Å². The van der Waals surface area contributed by atoms with Gasteiger partial charge in [0.2, 0.25) is 5.89 Å². The Morgan fingerprint density at radius 1 is 1.16 bits per heavy atom. The number of nitrogens with zero attached hydrogens (tertiary/aromatic N) is 4. The molecule has 6 nitrogen and oxygen atoms in total. The molecule has 0 saturated carbocycles. The number of oxazole rings is 1. The minimum atomic E-state index is -0.267. The number of amides is 1. The van der Waals surface area contributed by atoms with Crippen LogP contribution >= 0.6 is 11.3 Å². The fourth-order valence-corrected chi connectivity index (χ4v) is 4.69. The molecular weight excluding hydrogens is 427 g/mol. The number of pyridine rings is 1. The van der Waals surface area contributed by atoms with Gasteiger partial charge in [-0.25, -0.2) is 9.37 Å². The molecule has 8 heteroatoms. The normalized spacial score (nSPS) is 16.3. The summed E-state index contributed by atoms with van der Waals surface area (Å²) < 4.78 is 19.2. The molecule has 1 aliphatic rings. The first-order valence-corrected chi connectivity index (χ1v) is 11.4. The monoisotopic (exact) mass is 448 g/mol. The summed E-state index contributed by atoms with van der Waals surface area (Å²) in [6, 6.07) is 9.70. The summed E-state index contributed by atoms with van der Waals surface area (Å²) in [4.78, 5) is 29.4. The highest BCUT2D eigenvalue weighted by Gasteiger charge is 2.33. The van der Waals surface area contributed by atoms with Gasteiger partial charge in [0.15, 0.2) is 0 Å². The molecule has 1 aliphatic heterocycles. The van der Waals surface area contributed by atoms with Crippen molar-refractivity contribution >= 4 is 17.2 Å². The van der Waals surface area contributed by atoms with Crippen LogP contribution in [0.1, 0.15) is 52.9 Å². The highest BCUT2D eigenvalue weighted by atomic mass is 32.1. The van der Waals surface area contributed by atoms with Crippen molar-refractivity contribution < 1.29 is 13.6 Å². The molecule has 1 amide bonds. The summed E-state index contributed by atoms with van der Waals surface area (Å²) in [6.45, 7) is 0.635. The first kappa shape index (κ1) is 20.5. The van der Waals surface area contributed by atoms with Gasteiger partial charge in [-0.2, -0.15) is 0 Å². The smallest absolute Gasteiger partial charge is 0.256 e. The quantitative estimate of drug-likeness (QED) is 0.415. The van der Waals surface area contributed by atoms with Crippen LogP contribution in [0.15, 0.2) is 64.9 Å². The molecule has 5 rings (SSSR count). The van der Waals surface area contributed by atoms with Gasteiger partial charge < -0.3 is 9.32 Å². The average Bonchev–Trinajstić information content (AvgIpc) is 3.53. The van der Waals surface area contributed by atoms with Gasteiger partial charge in [-0.05, 0) is 49.1 Å². The molecule has 1 fully saturated rings. The number of rotatable bonds is 5. The van der Waals surface area contributed by atoms with Crippen molar-refractivity contribution in [3.63, 3.8) is 0 Å². The van der Waals surface area contributed by atoms with Crippen molar-refractivity contribution in [1.82, 2.24) is 19.9 Å². The van der Waals surface area contributed by atoms with Crippen LogP contribution in [0.25, 0.3) is 10.6 Å². The molecule has 0 spiro atoms. The Morgan fingerprint density at radius 3 is 2.84 bits per heavy atom. The first-order valence-electron chi connectivity index (χ1n) is 10.5. The molecule has 3 aromatic heterocycles. The lowest BCUT2D eigenvalue weighted by Crippen LogP contribution is -2.39. The second-order valence-corrected chi connectivity index (χ2v) is 8.63. The minimum Gasteiger partial charge on any atom is -0.443 e. The summed E-state index contributed by atoms with van der Waals surface area (Å²) in [5, 5.41) is 0. The van der Waals surface area contributed by atoms with Crippen molar-refractivity contribution in [2.45, 2.75) is 31.7 Å². The number of likely N-dealkylation sites (tertiary alicyclic amines) is 1. The van der Waals surface area contributed by atoms with Gasteiger partial charge >= 0.3 is 0 Å². The van der Waals surface area contributed by atoms with E-state index in [-0.39, 0.29) is 17.8 Å². The Morgan fingerprint density at radius 2 is 2.03 bits per heavy atom. The number of carbonyl (C=O) groups is 1. The Bertz CT molecular complexity index is 1210. The number of thiazole rings is 1. The van der Waals surface area contributed by atoms with E-state index < -0.39 is 0 Å². The van der Waals surface area contributed by atoms with Crippen molar-refractivity contribution in [2.24, 2.45) is 0 Å².